The van der Waals surface area contributed by atoms with Gasteiger partial charge in [0.25, 0.3) is 15.9 Å². The van der Waals surface area contributed by atoms with Crippen molar-refractivity contribution in [3.05, 3.63) is 75.8 Å². The minimum Gasteiger partial charge on any atom is -0.493 e. The number of ether oxygens (including phenoxy) is 3. The Labute approximate surface area is 214 Å². The fourth-order valence-electron chi connectivity index (χ4n) is 3.35. The highest BCUT2D eigenvalue weighted by Crippen LogP contribution is 2.34. The molecule has 11 heteroatoms. The molecule has 2 N–H and O–H groups in total. The Morgan fingerprint density at radius 1 is 0.861 bits per heavy atom. The third-order valence-corrected chi connectivity index (χ3v) is 7.14. The van der Waals surface area contributed by atoms with E-state index in [0.29, 0.717) is 5.69 Å². The van der Waals surface area contributed by atoms with Crippen molar-refractivity contribution in [3.63, 3.8) is 0 Å². The maximum atomic E-state index is 13.1. The minimum atomic E-state index is -4.13. The Morgan fingerprint density at radius 3 is 2.17 bits per heavy atom. The fourth-order valence-corrected chi connectivity index (χ4v) is 5.00. The smallest absolute Gasteiger partial charge is 0.340 e. The zero-order valence-electron chi connectivity index (χ0n) is 20.3. The number of carbonyl (C=O) groups is 2. The lowest BCUT2D eigenvalue weighted by atomic mass is 10.1. The van der Waals surface area contributed by atoms with E-state index in [1.807, 2.05) is 13.0 Å². The molecule has 0 atom stereocenters. The summed E-state index contributed by atoms with van der Waals surface area (Å²) in [5.41, 5.74) is 2.08. The largest absolute Gasteiger partial charge is 0.493 e. The number of rotatable bonds is 8. The lowest BCUT2D eigenvalue weighted by molar-refractivity contribution is 0.0601. The predicted octanol–water partition coefficient (Wildman–Crippen LogP) is 4.81. The number of methoxy groups -OCH3 is 3. The molecular formula is C25H25ClN2O7S. The van der Waals surface area contributed by atoms with Crippen molar-refractivity contribution in [2.75, 3.05) is 31.4 Å². The monoisotopic (exact) mass is 532 g/mol. The third kappa shape index (κ3) is 5.72. The van der Waals surface area contributed by atoms with Crippen molar-refractivity contribution >= 4 is 44.9 Å². The maximum absolute atomic E-state index is 13.1. The minimum absolute atomic E-state index is 0.00802. The molecule has 0 aliphatic heterocycles. The lowest BCUT2D eigenvalue weighted by Gasteiger charge is -2.15. The highest BCUT2D eigenvalue weighted by atomic mass is 35.5. The molecule has 0 aliphatic carbocycles. The summed E-state index contributed by atoms with van der Waals surface area (Å²) < 4.78 is 44.1. The SMILES string of the molecule is COC(=O)c1cc(OC)c(OC)cc1NC(=O)c1ccc(Cl)c(S(=O)(=O)Nc2cc(C)ccc2C)c1. The maximum Gasteiger partial charge on any atom is 0.340 e. The summed E-state index contributed by atoms with van der Waals surface area (Å²) in [6.07, 6.45) is 0. The van der Waals surface area contributed by atoms with E-state index in [-0.39, 0.29) is 38.2 Å². The molecule has 0 aromatic heterocycles. The third-order valence-electron chi connectivity index (χ3n) is 5.30. The van der Waals surface area contributed by atoms with Crippen molar-refractivity contribution < 1.29 is 32.2 Å². The van der Waals surface area contributed by atoms with Crippen molar-refractivity contribution in [2.24, 2.45) is 0 Å². The van der Waals surface area contributed by atoms with Crippen LogP contribution in [0.5, 0.6) is 11.5 Å². The Balaban J connectivity index is 1.98. The summed E-state index contributed by atoms with van der Waals surface area (Å²) in [5.74, 6) is -0.888. The number of amides is 1. The Bertz CT molecular complexity index is 1440. The molecule has 9 nitrogen and oxygen atoms in total. The van der Waals surface area contributed by atoms with Gasteiger partial charge in [0.1, 0.15) is 4.90 Å². The number of halogens is 1. The molecule has 36 heavy (non-hydrogen) atoms. The van der Waals surface area contributed by atoms with Crippen LogP contribution in [0.25, 0.3) is 0 Å². The van der Waals surface area contributed by atoms with Gasteiger partial charge < -0.3 is 19.5 Å². The second kappa shape index (κ2) is 10.9. The second-order valence-electron chi connectivity index (χ2n) is 7.77. The molecule has 0 unspecified atom stereocenters. The number of hydrogen-bond donors (Lipinski definition) is 2. The topological polar surface area (TPSA) is 120 Å². The standard InChI is InChI=1S/C25H25ClN2O7S/c1-14-6-7-15(2)19(10-14)28-36(31,32)23-11-16(8-9-18(23)26)24(29)27-20-13-22(34-4)21(33-3)12-17(20)25(30)35-5/h6-13,28H,1-5H3,(H,27,29). The van der Waals surface area contributed by atoms with Gasteiger partial charge in [0.2, 0.25) is 0 Å². The molecule has 0 radical (unpaired) electrons. The van der Waals surface area contributed by atoms with Gasteiger partial charge in [0.15, 0.2) is 11.5 Å². The first kappa shape index (κ1) is 26.8. The zero-order valence-corrected chi connectivity index (χ0v) is 21.8. The van der Waals surface area contributed by atoms with Gasteiger partial charge in [-0.3, -0.25) is 9.52 Å². The molecule has 0 fully saturated rings. The van der Waals surface area contributed by atoms with Gasteiger partial charge in [0, 0.05) is 17.7 Å². The van der Waals surface area contributed by atoms with Gasteiger partial charge in [-0.15, -0.1) is 0 Å². The van der Waals surface area contributed by atoms with E-state index in [4.69, 9.17) is 25.8 Å². The Kier molecular flexibility index (Phi) is 8.11. The van der Waals surface area contributed by atoms with Gasteiger partial charge in [-0.05, 0) is 49.2 Å². The van der Waals surface area contributed by atoms with Crippen molar-refractivity contribution in [2.45, 2.75) is 18.7 Å². The van der Waals surface area contributed by atoms with Crippen LogP contribution < -0.4 is 19.5 Å². The van der Waals surface area contributed by atoms with Gasteiger partial charge >= 0.3 is 5.97 Å². The molecular weight excluding hydrogens is 508 g/mol. The highest BCUT2D eigenvalue weighted by Gasteiger charge is 2.23. The van der Waals surface area contributed by atoms with Crippen LogP contribution in [0.2, 0.25) is 5.02 Å². The van der Waals surface area contributed by atoms with Gasteiger partial charge in [0.05, 0.1) is 43.3 Å². The van der Waals surface area contributed by atoms with Gasteiger partial charge in [-0.1, -0.05) is 23.7 Å². The number of aryl methyl sites for hydroxylation is 2. The summed E-state index contributed by atoms with van der Waals surface area (Å²) in [4.78, 5) is 25.1. The number of nitrogens with one attached hydrogen (secondary N) is 2. The number of hydrogen-bond acceptors (Lipinski definition) is 7. The molecule has 3 aromatic carbocycles. The van der Waals surface area contributed by atoms with Crippen LogP contribution in [0.15, 0.2) is 53.4 Å². The number of carbonyl (C=O) groups excluding carboxylic acids is 2. The quantitative estimate of drug-likeness (QED) is 0.399. The van der Waals surface area contributed by atoms with Crippen molar-refractivity contribution in [1.29, 1.82) is 0 Å². The number of anilines is 2. The van der Waals surface area contributed by atoms with E-state index >= 15 is 0 Å². The van der Waals surface area contributed by atoms with Crippen LogP contribution in [0.4, 0.5) is 11.4 Å². The predicted molar refractivity (Wildman–Crippen MR) is 137 cm³/mol. The van der Waals surface area contributed by atoms with E-state index in [1.165, 1.54) is 45.6 Å². The second-order valence-corrected chi connectivity index (χ2v) is 9.83. The molecule has 0 saturated carbocycles. The molecule has 190 valence electrons. The van der Waals surface area contributed by atoms with Crippen LogP contribution in [0, 0.1) is 13.8 Å². The molecule has 0 aliphatic rings. The molecule has 3 rings (SSSR count). The highest BCUT2D eigenvalue weighted by molar-refractivity contribution is 7.92. The summed E-state index contributed by atoms with van der Waals surface area (Å²) >= 11 is 6.20. The van der Waals surface area contributed by atoms with Crippen LogP contribution in [0.3, 0.4) is 0 Å². The van der Waals surface area contributed by atoms with E-state index in [0.717, 1.165) is 17.2 Å². The van der Waals surface area contributed by atoms with Crippen molar-refractivity contribution in [1.82, 2.24) is 0 Å². The van der Waals surface area contributed by atoms with Crippen LogP contribution in [0.1, 0.15) is 31.8 Å². The van der Waals surface area contributed by atoms with E-state index < -0.39 is 21.9 Å². The van der Waals surface area contributed by atoms with Crippen LogP contribution in [-0.2, 0) is 14.8 Å². The number of benzene rings is 3. The average molecular weight is 533 g/mol. The number of esters is 1. The molecule has 1 amide bonds. The number of sulfonamides is 1. The van der Waals surface area contributed by atoms with E-state index in [2.05, 4.69) is 10.0 Å². The molecule has 0 saturated heterocycles. The van der Waals surface area contributed by atoms with E-state index in [1.54, 1.807) is 19.1 Å². The van der Waals surface area contributed by atoms with Gasteiger partial charge in [-0.25, -0.2) is 13.2 Å². The molecule has 0 heterocycles. The first-order valence-electron chi connectivity index (χ1n) is 10.6. The first-order chi connectivity index (χ1) is 17.0. The van der Waals surface area contributed by atoms with E-state index in [9.17, 15) is 18.0 Å². The molecule has 0 spiro atoms. The normalized spacial score (nSPS) is 10.9. The summed E-state index contributed by atoms with van der Waals surface area (Å²) in [5, 5.41) is 2.53. The summed E-state index contributed by atoms with van der Waals surface area (Å²) in [7, 11) is -0.126. The lowest BCUT2D eigenvalue weighted by Crippen LogP contribution is -2.18. The summed E-state index contributed by atoms with van der Waals surface area (Å²) in [6, 6.07) is 12.0. The summed E-state index contributed by atoms with van der Waals surface area (Å²) in [6.45, 7) is 3.61. The molecule has 0 bridgehead atoms. The van der Waals surface area contributed by atoms with Crippen molar-refractivity contribution in [3.8, 4) is 11.5 Å². The first-order valence-corrected chi connectivity index (χ1v) is 12.4. The zero-order chi connectivity index (χ0) is 26.6. The fraction of sp³-hybridized carbons (Fsp3) is 0.200. The Hall–Kier alpha value is -3.76. The molecule has 3 aromatic rings. The Morgan fingerprint density at radius 2 is 1.53 bits per heavy atom. The van der Waals surface area contributed by atoms with Crippen LogP contribution in [-0.4, -0.2) is 41.6 Å². The van der Waals surface area contributed by atoms with Gasteiger partial charge in [-0.2, -0.15) is 0 Å². The van der Waals surface area contributed by atoms with Crippen LogP contribution >= 0.6 is 11.6 Å². The average Bonchev–Trinajstić information content (AvgIpc) is 2.85.